The molecule has 1 amide bonds. The van der Waals surface area contributed by atoms with E-state index in [-0.39, 0.29) is 5.91 Å². The topological polar surface area (TPSA) is 61.0 Å². The molecule has 1 aromatic heterocycles. The minimum absolute atomic E-state index is 0.102. The summed E-state index contributed by atoms with van der Waals surface area (Å²) in [5.74, 6) is 0.641. The van der Waals surface area contributed by atoms with Crippen LogP contribution in [0.4, 0.5) is 5.69 Å². The van der Waals surface area contributed by atoms with Gasteiger partial charge in [-0.1, -0.05) is 6.07 Å². The SMILES string of the molecule is CN(C)c1cccc(C(=O)NCc2ncc[nH]2)c1. The molecule has 1 heterocycles. The molecule has 2 rings (SSSR count). The predicted octanol–water partition coefficient (Wildman–Crippen LogP) is 1.41. The highest BCUT2D eigenvalue weighted by molar-refractivity contribution is 5.95. The maximum absolute atomic E-state index is 11.9. The van der Waals surface area contributed by atoms with Gasteiger partial charge in [0.2, 0.25) is 0 Å². The first kappa shape index (κ1) is 12.2. The van der Waals surface area contributed by atoms with Gasteiger partial charge in [-0.2, -0.15) is 0 Å². The van der Waals surface area contributed by atoms with Crippen LogP contribution in [-0.2, 0) is 6.54 Å². The molecule has 0 unspecified atom stereocenters. The number of aromatic nitrogens is 2. The van der Waals surface area contributed by atoms with Gasteiger partial charge in [-0.3, -0.25) is 4.79 Å². The molecule has 2 N–H and O–H groups in total. The maximum Gasteiger partial charge on any atom is 0.251 e. The molecule has 0 aliphatic rings. The van der Waals surface area contributed by atoms with Crippen molar-refractivity contribution in [3.63, 3.8) is 0 Å². The van der Waals surface area contributed by atoms with Gasteiger partial charge in [0.05, 0.1) is 6.54 Å². The zero-order chi connectivity index (χ0) is 13.0. The Morgan fingerprint density at radius 3 is 2.94 bits per heavy atom. The van der Waals surface area contributed by atoms with Crippen molar-refractivity contribution in [1.29, 1.82) is 0 Å². The average molecular weight is 244 g/mol. The molecular weight excluding hydrogens is 228 g/mol. The van der Waals surface area contributed by atoms with Crippen LogP contribution in [0.3, 0.4) is 0 Å². The summed E-state index contributed by atoms with van der Waals surface area (Å²) in [6.07, 6.45) is 3.39. The summed E-state index contributed by atoms with van der Waals surface area (Å²) in [6.45, 7) is 0.401. The first-order valence-electron chi connectivity index (χ1n) is 5.70. The summed E-state index contributed by atoms with van der Waals surface area (Å²) in [6, 6.07) is 7.49. The Bertz CT molecular complexity index is 520. The van der Waals surface area contributed by atoms with E-state index < -0.39 is 0 Å². The molecule has 5 nitrogen and oxygen atoms in total. The maximum atomic E-state index is 11.9. The number of carbonyl (C=O) groups is 1. The van der Waals surface area contributed by atoms with Crippen molar-refractivity contribution in [2.45, 2.75) is 6.54 Å². The number of anilines is 1. The van der Waals surface area contributed by atoms with Gasteiger partial charge in [0.1, 0.15) is 5.82 Å². The van der Waals surface area contributed by atoms with Gasteiger partial charge in [-0.15, -0.1) is 0 Å². The molecule has 0 atom stereocenters. The van der Waals surface area contributed by atoms with Crippen LogP contribution in [0.15, 0.2) is 36.7 Å². The molecule has 2 aromatic rings. The van der Waals surface area contributed by atoms with Crippen LogP contribution in [0.2, 0.25) is 0 Å². The van der Waals surface area contributed by atoms with E-state index in [9.17, 15) is 4.79 Å². The molecule has 18 heavy (non-hydrogen) atoms. The summed E-state index contributed by atoms with van der Waals surface area (Å²) in [7, 11) is 3.89. The van der Waals surface area contributed by atoms with Crippen molar-refractivity contribution in [3.8, 4) is 0 Å². The van der Waals surface area contributed by atoms with Crippen molar-refractivity contribution >= 4 is 11.6 Å². The van der Waals surface area contributed by atoms with Gasteiger partial charge < -0.3 is 15.2 Å². The second-order valence-electron chi connectivity index (χ2n) is 4.16. The molecular formula is C13H16N4O. The lowest BCUT2D eigenvalue weighted by Crippen LogP contribution is -2.23. The quantitative estimate of drug-likeness (QED) is 0.854. The molecule has 94 valence electrons. The third kappa shape index (κ3) is 2.88. The number of carbonyl (C=O) groups excluding carboxylic acids is 1. The van der Waals surface area contributed by atoms with E-state index >= 15 is 0 Å². The molecule has 1 aromatic carbocycles. The number of aromatic amines is 1. The third-order valence-corrected chi connectivity index (χ3v) is 2.60. The van der Waals surface area contributed by atoms with E-state index in [1.807, 2.05) is 37.2 Å². The van der Waals surface area contributed by atoms with E-state index in [1.165, 1.54) is 0 Å². The van der Waals surface area contributed by atoms with Gasteiger partial charge in [-0.25, -0.2) is 4.98 Å². The Labute approximate surface area is 106 Å². The molecule has 0 spiro atoms. The third-order valence-electron chi connectivity index (χ3n) is 2.60. The molecule has 0 aliphatic carbocycles. The number of imidazole rings is 1. The van der Waals surface area contributed by atoms with E-state index in [0.717, 1.165) is 11.5 Å². The van der Waals surface area contributed by atoms with Gasteiger partial charge in [0, 0.05) is 37.7 Å². The number of amides is 1. The van der Waals surface area contributed by atoms with Gasteiger partial charge in [0.25, 0.3) is 5.91 Å². The Hall–Kier alpha value is -2.30. The molecule has 0 fully saturated rings. The number of nitrogens with one attached hydrogen (secondary N) is 2. The Kier molecular flexibility index (Phi) is 3.62. The van der Waals surface area contributed by atoms with Crippen LogP contribution in [0.5, 0.6) is 0 Å². The van der Waals surface area contributed by atoms with E-state index in [2.05, 4.69) is 15.3 Å². The summed E-state index contributed by atoms with van der Waals surface area (Å²) in [5, 5.41) is 2.82. The van der Waals surface area contributed by atoms with Crippen LogP contribution >= 0.6 is 0 Å². The van der Waals surface area contributed by atoms with Crippen LogP contribution in [-0.4, -0.2) is 30.0 Å². The number of rotatable bonds is 4. The number of benzene rings is 1. The Morgan fingerprint density at radius 1 is 1.44 bits per heavy atom. The average Bonchev–Trinajstić information content (AvgIpc) is 2.89. The normalized spacial score (nSPS) is 10.1. The van der Waals surface area contributed by atoms with E-state index in [1.54, 1.807) is 18.5 Å². The first-order valence-corrected chi connectivity index (χ1v) is 5.70. The van der Waals surface area contributed by atoms with Crippen molar-refractivity contribution in [2.75, 3.05) is 19.0 Å². The fraction of sp³-hybridized carbons (Fsp3) is 0.231. The lowest BCUT2D eigenvalue weighted by Gasteiger charge is -2.13. The molecule has 0 bridgehead atoms. The predicted molar refractivity (Wildman–Crippen MR) is 70.5 cm³/mol. The number of H-pyrrole nitrogens is 1. The number of hydrogen-bond donors (Lipinski definition) is 2. The summed E-state index contributed by atoms with van der Waals surface area (Å²) in [4.78, 5) is 20.9. The summed E-state index contributed by atoms with van der Waals surface area (Å²) < 4.78 is 0. The number of nitrogens with zero attached hydrogens (tertiary/aromatic N) is 2. The van der Waals surface area contributed by atoms with Crippen LogP contribution in [0.1, 0.15) is 16.2 Å². The van der Waals surface area contributed by atoms with Crippen LogP contribution < -0.4 is 10.2 Å². The zero-order valence-electron chi connectivity index (χ0n) is 10.5. The fourth-order valence-corrected chi connectivity index (χ4v) is 1.59. The second kappa shape index (κ2) is 5.35. The first-order chi connectivity index (χ1) is 8.66. The largest absolute Gasteiger partial charge is 0.378 e. The van der Waals surface area contributed by atoms with E-state index in [4.69, 9.17) is 0 Å². The standard InChI is InChI=1S/C13H16N4O/c1-17(2)11-5-3-4-10(8-11)13(18)16-9-12-14-6-7-15-12/h3-8H,9H2,1-2H3,(H,14,15)(H,16,18). The molecule has 0 radical (unpaired) electrons. The smallest absolute Gasteiger partial charge is 0.251 e. The highest BCUT2D eigenvalue weighted by atomic mass is 16.1. The fourth-order valence-electron chi connectivity index (χ4n) is 1.59. The second-order valence-corrected chi connectivity index (χ2v) is 4.16. The van der Waals surface area contributed by atoms with Gasteiger partial charge in [-0.05, 0) is 18.2 Å². The van der Waals surface area contributed by atoms with E-state index in [0.29, 0.717) is 12.1 Å². The highest BCUT2D eigenvalue weighted by Gasteiger charge is 2.07. The van der Waals surface area contributed by atoms with Crippen LogP contribution in [0.25, 0.3) is 0 Å². The monoisotopic (exact) mass is 244 g/mol. The van der Waals surface area contributed by atoms with Crippen molar-refractivity contribution < 1.29 is 4.79 Å². The summed E-state index contributed by atoms with van der Waals surface area (Å²) in [5.41, 5.74) is 1.65. The lowest BCUT2D eigenvalue weighted by atomic mass is 10.2. The molecule has 0 aliphatic heterocycles. The van der Waals surface area contributed by atoms with Crippen molar-refractivity contribution in [2.24, 2.45) is 0 Å². The molecule has 0 saturated heterocycles. The zero-order valence-corrected chi connectivity index (χ0v) is 10.5. The minimum atomic E-state index is -0.102. The Morgan fingerprint density at radius 2 is 2.28 bits per heavy atom. The molecule has 5 heteroatoms. The van der Waals surface area contributed by atoms with Crippen molar-refractivity contribution in [1.82, 2.24) is 15.3 Å². The van der Waals surface area contributed by atoms with Gasteiger partial charge >= 0.3 is 0 Å². The number of hydrogen-bond acceptors (Lipinski definition) is 3. The molecule has 0 saturated carbocycles. The lowest BCUT2D eigenvalue weighted by molar-refractivity contribution is 0.0950. The highest BCUT2D eigenvalue weighted by Crippen LogP contribution is 2.13. The summed E-state index contributed by atoms with van der Waals surface area (Å²) >= 11 is 0. The minimum Gasteiger partial charge on any atom is -0.378 e. The van der Waals surface area contributed by atoms with Gasteiger partial charge in [0.15, 0.2) is 0 Å². The van der Waals surface area contributed by atoms with Crippen LogP contribution in [0, 0.1) is 0 Å². The van der Waals surface area contributed by atoms with Crippen molar-refractivity contribution in [3.05, 3.63) is 48.0 Å². The Balaban J connectivity index is 2.02.